The molecule has 0 unspecified atom stereocenters. The number of benzene rings is 1. The van der Waals surface area contributed by atoms with E-state index in [1.807, 2.05) is 24.3 Å². The van der Waals surface area contributed by atoms with Gasteiger partial charge in [0, 0.05) is 18.1 Å². The highest BCUT2D eigenvalue weighted by Gasteiger charge is 2.18. The van der Waals surface area contributed by atoms with E-state index in [9.17, 15) is 0 Å². The average Bonchev–Trinajstić information content (AvgIpc) is 2.60. The summed E-state index contributed by atoms with van der Waals surface area (Å²) in [5.41, 5.74) is 1.06. The fourth-order valence-corrected chi connectivity index (χ4v) is 3.30. The van der Waals surface area contributed by atoms with Crippen molar-refractivity contribution >= 4 is 17.6 Å². The Morgan fingerprint density at radius 3 is 2.62 bits per heavy atom. The smallest absolute Gasteiger partial charge is 0.191 e. The van der Waals surface area contributed by atoms with Crippen LogP contribution in [-0.2, 0) is 6.54 Å². The molecule has 2 N–H and O–H groups in total. The van der Waals surface area contributed by atoms with Gasteiger partial charge in [0.2, 0.25) is 0 Å². The lowest BCUT2D eigenvalue weighted by molar-refractivity contribution is 0.185. The molecule has 1 aliphatic heterocycles. The Kier molecular flexibility index (Phi) is 8.40. The number of likely N-dealkylation sites (tertiary alicyclic amines) is 1. The molecule has 0 amide bonds. The van der Waals surface area contributed by atoms with Gasteiger partial charge in [-0.1, -0.05) is 36.7 Å². The van der Waals surface area contributed by atoms with Crippen molar-refractivity contribution in [3.05, 3.63) is 34.9 Å². The highest BCUT2D eigenvalue weighted by Crippen LogP contribution is 2.17. The van der Waals surface area contributed by atoms with Crippen LogP contribution < -0.4 is 10.6 Å². The predicted octanol–water partition coefficient (Wildman–Crippen LogP) is 3.52. The van der Waals surface area contributed by atoms with E-state index in [2.05, 4.69) is 34.4 Å². The normalized spacial score (nSPS) is 17.0. The van der Waals surface area contributed by atoms with Gasteiger partial charge in [0.15, 0.2) is 5.96 Å². The first kappa shape index (κ1) is 19.1. The molecule has 0 spiro atoms. The molecule has 134 valence electrons. The molecule has 1 saturated heterocycles. The van der Waals surface area contributed by atoms with Crippen LogP contribution in [0.5, 0.6) is 0 Å². The molecular formula is C19H31ClN4. The zero-order chi connectivity index (χ0) is 17.2. The van der Waals surface area contributed by atoms with E-state index in [0.717, 1.165) is 35.6 Å². The molecule has 5 heteroatoms. The first-order valence-electron chi connectivity index (χ1n) is 9.20. The van der Waals surface area contributed by atoms with Crippen molar-refractivity contribution in [1.82, 2.24) is 15.5 Å². The van der Waals surface area contributed by atoms with Crippen molar-refractivity contribution in [3.8, 4) is 0 Å². The van der Waals surface area contributed by atoms with Crippen LogP contribution in [0.1, 0.15) is 38.7 Å². The summed E-state index contributed by atoms with van der Waals surface area (Å²) in [6.45, 7) is 10.5. The van der Waals surface area contributed by atoms with Gasteiger partial charge in [-0.25, -0.2) is 4.99 Å². The Labute approximate surface area is 151 Å². The molecule has 1 aliphatic rings. The molecule has 0 bridgehead atoms. The summed E-state index contributed by atoms with van der Waals surface area (Å²) in [7, 11) is 0. The van der Waals surface area contributed by atoms with Crippen LogP contribution in [0.3, 0.4) is 0 Å². The summed E-state index contributed by atoms with van der Waals surface area (Å²) < 4.78 is 0. The van der Waals surface area contributed by atoms with E-state index < -0.39 is 0 Å². The first-order valence-corrected chi connectivity index (χ1v) is 9.58. The van der Waals surface area contributed by atoms with Crippen molar-refractivity contribution in [1.29, 1.82) is 0 Å². The number of guanidine groups is 1. The van der Waals surface area contributed by atoms with Crippen molar-refractivity contribution < 1.29 is 0 Å². The largest absolute Gasteiger partial charge is 0.357 e. The molecule has 1 fully saturated rings. The van der Waals surface area contributed by atoms with Gasteiger partial charge in [-0.2, -0.15) is 0 Å². The lowest BCUT2D eigenvalue weighted by Crippen LogP contribution is -2.43. The van der Waals surface area contributed by atoms with Gasteiger partial charge in [0.05, 0.1) is 6.54 Å². The molecule has 0 atom stereocenters. The number of aliphatic imine (C=N–C) groups is 1. The highest BCUT2D eigenvalue weighted by molar-refractivity contribution is 6.31. The standard InChI is InChI=1S/C19H31ClN4/c1-3-11-24-12-9-16(10-13-24)14-22-19(21-4-2)23-15-17-7-5-6-8-18(17)20/h5-8,16H,3-4,9-15H2,1-2H3,(H2,21,22,23). The fourth-order valence-electron chi connectivity index (χ4n) is 3.10. The van der Waals surface area contributed by atoms with E-state index in [4.69, 9.17) is 11.6 Å². The summed E-state index contributed by atoms with van der Waals surface area (Å²) in [5, 5.41) is 7.61. The van der Waals surface area contributed by atoms with Gasteiger partial charge < -0.3 is 15.5 Å². The third-order valence-electron chi connectivity index (χ3n) is 4.51. The van der Waals surface area contributed by atoms with Crippen LogP contribution in [-0.4, -0.2) is 43.6 Å². The van der Waals surface area contributed by atoms with Gasteiger partial charge in [-0.15, -0.1) is 0 Å². The van der Waals surface area contributed by atoms with E-state index >= 15 is 0 Å². The second kappa shape index (κ2) is 10.6. The van der Waals surface area contributed by atoms with Crippen molar-refractivity contribution in [2.45, 2.75) is 39.7 Å². The first-order chi connectivity index (χ1) is 11.7. The molecule has 0 aliphatic carbocycles. The molecule has 1 aromatic rings. The Morgan fingerprint density at radius 2 is 1.96 bits per heavy atom. The summed E-state index contributed by atoms with van der Waals surface area (Å²) in [4.78, 5) is 7.25. The van der Waals surface area contributed by atoms with Crippen molar-refractivity contribution in [2.24, 2.45) is 10.9 Å². The van der Waals surface area contributed by atoms with E-state index in [0.29, 0.717) is 6.54 Å². The molecule has 4 nitrogen and oxygen atoms in total. The quantitative estimate of drug-likeness (QED) is 0.584. The van der Waals surface area contributed by atoms with Crippen LogP contribution in [0.25, 0.3) is 0 Å². The lowest BCUT2D eigenvalue weighted by atomic mass is 9.97. The highest BCUT2D eigenvalue weighted by atomic mass is 35.5. The molecule has 0 saturated carbocycles. The number of rotatable bonds is 7. The third kappa shape index (κ3) is 6.33. The molecule has 0 aromatic heterocycles. The van der Waals surface area contributed by atoms with Gasteiger partial charge >= 0.3 is 0 Å². The number of piperidine rings is 1. The Morgan fingerprint density at radius 1 is 1.21 bits per heavy atom. The molecule has 0 radical (unpaired) electrons. The van der Waals surface area contributed by atoms with Crippen LogP contribution in [0.2, 0.25) is 5.02 Å². The maximum absolute atomic E-state index is 6.21. The van der Waals surface area contributed by atoms with Crippen LogP contribution in [0.4, 0.5) is 0 Å². The minimum absolute atomic E-state index is 0.601. The zero-order valence-electron chi connectivity index (χ0n) is 15.0. The van der Waals surface area contributed by atoms with Gasteiger partial charge in [-0.05, 0) is 63.4 Å². The van der Waals surface area contributed by atoms with Gasteiger partial charge in [0.1, 0.15) is 0 Å². The van der Waals surface area contributed by atoms with E-state index in [-0.39, 0.29) is 0 Å². The molecular weight excluding hydrogens is 320 g/mol. The second-order valence-electron chi connectivity index (χ2n) is 6.45. The summed E-state index contributed by atoms with van der Waals surface area (Å²) >= 11 is 6.21. The van der Waals surface area contributed by atoms with Crippen LogP contribution in [0, 0.1) is 5.92 Å². The number of nitrogens with zero attached hydrogens (tertiary/aromatic N) is 2. The SMILES string of the molecule is CCCN1CCC(CNC(=NCc2ccccc2Cl)NCC)CC1. The molecule has 2 rings (SSSR count). The predicted molar refractivity (Wildman–Crippen MR) is 104 cm³/mol. The Bertz CT molecular complexity index is 510. The second-order valence-corrected chi connectivity index (χ2v) is 6.86. The van der Waals surface area contributed by atoms with Crippen LogP contribution in [0.15, 0.2) is 29.3 Å². The zero-order valence-corrected chi connectivity index (χ0v) is 15.8. The monoisotopic (exact) mass is 350 g/mol. The Hall–Kier alpha value is -1.26. The Balaban J connectivity index is 1.81. The summed E-state index contributed by atoms with van der Waals surface area (Å²) in [6, 6.07) is 7.89. The minimum atomic E-state index is 0.601. The van der Waals surface area contributed by atoms with E-state index in [1.165, 1.54) is 38.9 Å². The van der Waals surface area contributed by atoms with E-state index in [1.54, 1.807) is 0 Å². The van der Waals surface area contributed by atoms with Crippen molar-refractivity contribution in [2.75, 3.05) is 32.7 Å². The minimum Gasteiger partial charge on any atom is -0.357 e. The fraction of sp³-hybridized carbons (Fsp3) is 0.632. The number of hydrogen-bond acceptors (Lipinski definition) is 2. The molecule has 1 aromatic carbocycles. The maximum atomic E-state index is 6.21. The summed E-state index contributed by atoms with van der Waals surface area (Å²) in [6.07, 6.45) is 3.80. The maximum Gasteiger partial charge on any atom is 0.191 e. The molecule has 24 heavy (non-hydrogen) atoms. The van der Waals surface area contributed by atoms with Gasteiger partial charge in [0.25, 0.3) is 0 Å². The number of nitrogens with one attached hydrogen (secondary N) is 2. The van der Waals surface area contributed by atoms with Gasteiger partial charge in [-0.3, -0.25) is 0 Å². The number of halogens is 1. The third-order valence-corrected chi connectivity index (χ3v) is 4.88. The topological polar surface area (TPSA) is 39.7 Å². The van der Waals surface area contributed by atoms with Crippen molar-refractivity contribution in [3.63, 3.8) is 0 Å². The number of hydrogen-bond donors (Lipinski definition) is 2. The molecule has 1 heterocycles. The average molecular weight is 351 g/mol. The summed E-state index contributed by atoms with van der Waals surface area (Å²) in [5.74, 6) is 1.62. The lowest BCUT2D eigenvalue weighted by Gasteiger charge is -2.32. The van der Waals surface area contributed by atoms with Crippen LogP contribution >= 0.6 is 11.6 Å².